The zero-order valence-electron chi connectivity index (χ0n) is 10.9. The maximum Gasteiger partial charge on any atom is 0.340 e. The maximum absolute atomic E-state index is 12.1. The molecule has 4 heteroatoms. The third-order valence-electron chi connectivity index (χ3n) is 2.89. The second kappa shape index (κ2) is 5.14. The molecule has 0 aliphatic rings. The first-order valence-corrected chi connectivity index (χ1v) is 5.27. The quantitative estimate of drug-likeness (QED) is 0.442. The van der Waals surface area contributed by atoms with Crippen molar-refractivity contribution in [3.63, 3.8) is 0 Å². The number of aliphatic carboxylic acids is 1. The van der Waals surface area contributed by atoms with Gasteiger partial charge in [-0.2, -0.15) is 0 Å². The predicted molar refractivity (Wildman–Crippen MR) is 63.0 cm³/mol. The van der Waals surface area contributed by atoms with Crippen molar-refractivity contribution in [3.8, 4) is 0 Å². The summed E-state index contributed by atoms with van der Waals surface area (Å²) in [6, 6.07) is 0. The fourth-order valence-corrected chi connectivity index (χ4v) is 1.08. The average Bonchev–Trinajstić information content (AvgIpc) is 2.11. The largest absolute Gasteiger partial charge is 0.478 e. The predicted octanol–water partition coefficient (Wildman–Crippen LogP) is 1.77. The highest BCUT2D eigenvalue weighted by Crippen LogP contribution is 2.30. The second-order valence-electron chi connectivity index (χ2n) is 5.02. The maximum atomic E-state index is 12.1. The highest BCUT2D eigenvalue weighted by molar-refractivity contribution is 6.18. The summed E-state index contributed by atoms with van der Waals surface area (Å²) >= 11 is 0. The number of carboxylic acid groups (broad SMARTS) is 1. The molecule has 0 aliphatic heterocycles. The Morgan fingerprint density at radius 1 is 1.25 bits per heavy atom. The molecule has 0 saturated carbocycles. The number of ketones is 1. The van der Waals surface area contributed by atoms with E-state index in [0.29, 0.717) is 0 Å². The molecule has 0 aliphatic carbocycles. The molecule has 1 N–H and O–H groups in total. The van der Waals surface area contributed by atoms with Gasteiger partial charge in [0.15, 0.2) is 5.78 Å². The molecule has 0 aromatic carbocycles. The zero-order valence-corrected chi connectivity index (χ0v) is 10.9. The lowest BCUT2D eigenvalue weighted by atomic mass is 9.75. The molecule has 0 heterocycles. The molecular formula is C12H21NO3. The Labute approximate surface area is 96.9 Å². The van der Waals surface area contributed by atoms with Crippen LogP contribution in [0.25, 0.3) is 0 Å². The molecule has 16 heavy (non-hydrogen) atoms. The zero-order chi connectivity index (χ0) is 13.1. The molecule has 0 aromatic heterocycles. The minimum absolute atomic E-state index is 0.0879. The molecule has 0 radical (unpaired) electrons. The van der Waals surface area contributed by atoms with Crippen LogP contribution in [0.4, 0.5) is 0 Å². The lowest BCUT2D eigenvalue weighted by Crippen LogP contribution is -2.34. The van der Waals surface area contributed by atoms with Crippen LogP contribution in [0.5, 0.6) is 0 Å². The van der Waals surface area contributed by atoms with Crippen LogP contribution in [-0.2, 0) is 9.59 Å². The van der Waals surface area contributed by atoms with E-state index in [-0.39, 0.29) is 17.3 Å². The summed E-state index contributed by atoms with van der Waals surface area (Å²) in [7, 11) is 3.39. The van der Waals surface area contributed by atoms with Gasteiger partial charge in [-0.15, -0.1) is 0 Å². The Morgan fingerprint density at radius 2 is 1.69 bits per heavy atom. The Kier molecular flexibility index (Phi) is 4.72. The van der Waals surface area contributed by atoms with Gasteiger partial charge >= 0.3 is 5.97 Å². The number of nitrogens with zero attached hydrogens (tertiary/aromatic N) is 1. The van der Waals surface area contributed by atoms with Crippen molar-refractivity contribution >= 4 is 11.8 Å². The fourth-order valence-electron chi connectivity index (χ4n) is 1.08. The smallest absolute Gasteiger partial charge is 0.340 e. The van der Waals surface area contributed by atoms with Gasteiger partial charge in [0.2, 0.25) is 0 Å². The Hall–Kier alpha value is -1.32. The van der Waals surface area contributed by atoms with Crippen LogP contribution in [0.3, 0.4) is 0 Å². The van der Waals surface area contributed by atoms with E-state index in [9.17, 15) is 9.59 Å². The number of carboxylic acids is 1. The van der Waals surface area contributed by atoms with Crippen molar-refractivity contribution in [2.75, 3.05) is 14.1 Å². The van der Waals surface area contributed by atoms with Gasteiger partial charge in [-0.1, -0.05) is 27.7 Å². The van der Waals surface area contributed by atoms with E-state index in [4.69, 9.17) is 5.11 Å². The lowest BCUT2D eigenvalue weighted by molar-refractivity contribution is -0.137. The lowest BCUT2D eigenvalue weighted by Gasteiger charge is -2.27. The molecule has 0 rings (SSSR count). The Bertz CT molecular complexity index is 314. The summed E-state index contributed by atoms with van der Waals surface area (Å²) in [5.74, 6) is -1.42. The molecular weight excluding hydrogens is 206 g/mol. The van der Waals surface area contributed by atoms with Gasteiger partial charge < -0.3 is 10.0 Å². The van der Waals surface area contributed by atoms with E-state index in [1.54, 1.807) is 32.8 Å². The normalized spacial score (nSPS) is 12.8. The van der Waals surface area contributed by atoms with Crippen molar-refractivity contribution in [2.45, 2.75) is 27.7 Å². The second-order valence-corrected chi connectivity index (χ2v) is 5.02. The van der Waals surface area contributed by atoms with Crippen LogP contribution in [0.2, 0.25) is 0 Å². The highest BCUT2D eigenvalue weighted by atomic mass is 16.4. The van der Waals surface area contributed by atoms with E-state index in [1.165, 1.54) is 6.20 Å². The minimum Gasteiger partial charge on any atom is -0.478 e. The van der Waals surface area contributed by atoms with Gasteiger partial charge in [0.1, 0.15) is 5.57 Å². The SMILES string of the molecule is CC(C)C(C)(C)C(=O)C(=CN(C)C)C(=O)O. The van der Waals surface area contributed by atoms with Gasteiger partial charge in [-0.3, -0.25) is 4.79 Å². The summed E-state index contributed by atoms with van der Waals surface area (Å²) in [5.41, 5.74) is -0.830. The summed E-state index contributed by atoms with van der Waals surface area (Å²) in [4.78, 5) is 24.7. The number of carbonyl (C=O) groups is 2. The fraction of sp³-hybridized carbons (Fsp3) is 0.667. The van der Waals surface area contributed by atoms with Gasteiger partial charge in [0, 0.05) is 25.7 Å². The third-order valence-corrected chi connectivity index (χ3v) is 2.89. The summed E-state index contributed by atoms with van der Waals surface area (Å²) < 4.78 is 0. The van der Waals surface area contributed by atoms with E-state index < -0.39 is 11.4 Å². The number of hydrogen-bond acceptors (Lipinski definition) is 3. The van der Waals surface area contributed by atoms with E-state index in [0.717, 1.165) is 0 Å². The topological polar surface area (TPSA) is 57.6 Å². The third kappa shape index (κ3) is 3.36. The van der Waals surface area contributed by atoms with Crippen LogP contribution in [-0.4, -0.2) is 35.9 Å². The molecule has 0 unspecified atom stereocenters. The number of hydrogen-bond donors (Lipinski definition) is 1. The van der Waals surface area contributed by atoms with Crippen LogP contribution < -0.4 is 0 Å². The van der Waals surface area contributed by atoms with Crippen LogP contribution in [0.15, 0.2) is 11.8 Å². The molecule has 92 valence electrons. The number of Topliss-reactive ketones (excluding diaryl/α,β-unsaturated/α-hetero) is 1. The molecule has 0 aromatic rings. The highest BCUT2D eigenvalue weighted by Gasteiger charge is 2.35. The van der Waals surface area contributed by atoms with Crippen molar-refractivity contribution in [1.29, 1.82) is 0 Å². The Balaban J connectivity index is 5.28. The van der Waals surface area contributed by atoms with Crippen molar-refractivity contribution < 1.29 is 14.7 Å². The van der Waals surface area contributed by atoms with Gasteiger partial charge in [-0.25, -0.2) is 4.79 Å². The molecule has 0 atom stereocenters. The molecule has 0 saturated heterocycles. The van der Waals surface area contributed by atoms with Gasteiger partial charge in [-0.05, 0) is 5.92 Å². The molecule has 0 amide bonds. The first kappa shape index (κ1) is 14.7. The number of carbonyl (C=O) groups excluding carboxylic acids is 1. The molecule has 0 bridgehead atoms. The van der Waals surface area contributed by atoms with E-state index in [1.807, 2.05) is 13.8 Å². The van der Waals surface area contributed by atoms with Crippen LogP contribution in [0, 0.1) is 11.3 Å². The minimum atomic E-state index is -1.17. The summed E-state index contributed by atoms with van der Waals surface area (Å²) in [6.45, 7) is 7.36. The average molecular weight is 227 g/mol. The molecule has 0 fully saturated rings. The monoisotopic (exact) mass is 227 g/mol. The van der Waals surface area contributed by atoms with Crippen molar-refractivity contribution in [2.24, 2.45) is 11.3 Å². The van der Waals surface area contributed by atoms with Gasteiger partial charge in [0.05, 0.1) is 0 Å². The van der Waals surface area contributed by atoms with Crippen molar-refractivity contribution in [1.82, 2.24) is 4.90 Å². The van der Waals surface area contributed by atoms with E-state index in [2.05, 4.69) is 0 Å². The van der Waals surface area contributed by atoms with E-state index >= 15 is 0 Å². The first-order valence-electron chi connectivity index (χ1n) is 5.27. The van der Waals surface area contributed by atoms with Gasteiger partial charge in [0.25, 0.3) is 0 Å². The van der Waals surface area contributed by atoms with Crippen LogP contribution >= 0.6 is 0 Å². The van der Waals surface area contributed by atoms with Crippen molar-refractivity contribution in [3.05, 3.63) is 11.8 Å². The summed E-state index contributed by atoms with van der Waals surface area (Å²) in [5, 5.41) is 9.02. The standard InChI is InChI=1S/C12H21NO3/c1-8(2)12(3,4)10(14)9(11(15)16)7-13(5)6/h7-8H,1-6H3,(H,15,16). The first-order chi connectivity index (χ1) is 7.10. The number of rotatable bonds is 5. The molecule has 4 nitrogen and oxygen atoms in total. The Morgan fingerprint density at radius 3 is 1.94 bits per heavy atom. The summed E-state index contributed by atoms with van der Waals surface area (Å²) in [6.07, 6.45) is 1.36. The molecule has 0 spiro atoms. The van der Waals surface area contributed by atoms with Crippen LogP contribution in [0.1, 0.15) is 27.7 Å².